The Hall–Kier alpha value is -2.26. The van der Waals surface area contributed by atoms with E-state index in [4.69, 9.17) is 9.63 Å². The number of aryl methyl sites for hydroxylation is 1. The van der Waals surface area contributed by atoms with E-state index < -0.39 is 5.97 Å². The topological polar surface area (TPSA) is 109 Å². The fraction of sp³-hybridized carbons (Fsp3) is 0.500. The van der Waals surface area contributed by atoms with Crippen LogP contribution in [0.15, 0.2) is 16.0 Å². The molecule has 2 aromatic rings. The third-order valence-corrected chi connectivity index (χ3v) is 5.10. The molecule has 8 nitrogen and oxygen atoms in total. The molecule has 2 aromatic heterocycles. The van der Waals surface area contributed by atoms with Gasteiger partial charge in [-0.15, -0.1) is 11.3 Å². The number of piperidine rings is 1. The van der Waals surface area contributed by atoms with Crippen LogP contribution in [0.5, 0.6) is 0 Å². The minimum absolute atomic E-state index is 0.0403. The minimum atomic E-state index is -1.03. The van der Waals surface area contributed by atoms with Crippen molar-refractivity contribution in [1.82, 2.24) is 15.0 Å². The number of nitrogens with one attached hydrogen (secondary N) is 1. The van der Waals surface area contributed by atoms with Crippen LogP contribution in [0.4, 0.5) is 5.69 Å². The molecule has 1 aliphatic heterocycles. The van der Waals surface area contributed by atoms with Crippen molar-refractivity contribution in [1.29, 1.82) is 0 Å². The predicted molar refractivity (Wildman–Crippen MR) is 91.7 cm³/mol. The van der Waals surface area contributed by atoms with Gasteiger partial charge in [-0.2, -0.15) is 4.98 Å². The maximum absolute atomic E-state index is 12.2. The second-order valence-corrected chi connectivity index (χ2v) is 6.91. The molecule has 2 N–H and O–H groups in total. The standard InChI is InChI=1S/C16H20N4O4S/c1-10-17-15(24-19-10)12-4-2-3-7-20(12)8-5-13(21)18-11-6-9-25-14(11)16(22)23/h6,9,12H,2-5,7-8H2,1H3,(H,18,21)(H,22,23)/t12-/m0/s1. The van der Waals surface area contributed by atoms with Gasteiger partial charge in [0.05, 0.1) is 11.7 Å². The van der Waals surface area contributed by atoms with Gasteiger partial charge in [-0.3, -0.25) is 9.69 Å². The molecule has 0 saturated carbocycles. The summed E-state index contributed by atoms with van der Waals surface area (Å²) in [6, 6.07) is 1.65. The normalized spacial score (nSPS) is 18.2. The van der Waals surface area contributed by atoms with Crippen molar-refractivity contribution in [3.05, 3.63) is 28.0 Å². The summed E-state index contributed by atoms with van der Waals surface area (Å²) >= 11 is 1.09. The zero-order chi connectivity index (χ0) is 17.8. The Kier molecular flexibility index (Phi) is 5.44. The molecule has 1 saturated heterocycles. The number of aromatic carboxylic acids is 1. The average molecular weight is 364 g/mol. The maximum atomic E-state index is 12.2. The van der Waals surface area contributed by atoms with Crippen LogP contribution in [0.1, 0.15) is 53.1 Å². The van der Waals surface area contributed by atoms with Gasteiger partial charge in [-0.05, 0) is 37.8 Å². The van der Waals surface area contributed by atoms with E-state index >= 15 is 0 Å². The SMILES string of the molecule is Cc1noc([C@@H]2CCCCN2CCC(=O)Nc2ccsc2C(=O)O)n1. The van der Waals surface area contributed by atoms with Gasteiger partial charge >= 0.3 is 5.97 Å². The molecule has 0 radical (unpaired) electrons. The van der Waals surface area contributed by atoms with Crippen molar-refractivity contribution < 1.29 is 19.2 Å². The highest BCUT2D eigenvalue weighted by Crippen LogP contribution is 2.30. The Morgan fingerprint density at radius 2 is 2.32 bits per heavy atom. The van der Waals surface area contributed by atoms with E-state index in [0.717, 1.165) is 37.1 Å². The number of aromatic nitrogens is 2. The maximum Gasteiger partial charge on any atom is 0.348 e. The molecule has 3 heterocycles. The van der Waals surface area contributed by atoms with Crippen LogP contribution in [0.3, 0.4) is 0 Å². The van der Waals surface area contributed by atoms with Crippen LogP contribution >= 0.6 is 11.3 Å². The van der Waals surface area contributed by atoms with Crippen molar-refractivity contribution >= 4 is 28.9 Å². The number of thiophene rings is 1. The molecule has 1 atom stereocenters. The number of rotatable bonds is 6. The van der Waals surface area contributed by atoms with Crippen molar-refractivity contribution in [2.75, 3.05) is 18.4 Å². The van der Waals surface area contributed by atoms with Crippen LogP contribution in [-0.4, -0.2) is 45.1 Å². The molecule has 9 heteroatoms. The van der Waals surface area contributed by atoms with Gasteiger partial charge in [0.25, 0.3) is 0 Å². The van der Waals surface area contributed by atoms with E-state index in [1.165, 1.54) is 0 Å². The highest BCUT2D eigenvalue weighted by Gasteiger charge is 2.28. The van der Waals surface area contributed by atoms with Gasteiger partial charge in [0.2, 0.25) is 11.8 Å². The summed E-state index contributed by atoms with van der Waals surface area (Å²) in [5.41, 5.74) is 0.352. The van der Waals surface area contributed by atoms with E-state index in [-0.39, 0.29) is 23.2 Å². The molecule has 0 unspecified atom stereocenters. The number of anilines is 1. The molecular formula is C16H20N4O4S. The molecule has 0 aliphatic carbocycles. The van der Waals surface area contributed by atoms with Gasteiger partial charge in [-0.1, -0.05) is 11.6 Å². The van der Waals surface area contributed by atoms with Crippen LogP contribution in [0, 0.1) is 6.92 Å². The second-order valence-electron chi connectivity index (χ2n) is 5.99. The Balaban J connectivity index is 1.58. The van der Waals surface area contributed by atoms with E-state index in [1.807, 2.05) is 0 Å². The lowest BCUT2D eigenvalue weighted by Gasteiger charge is -2.33. The van der Waals surface area contributed by atoms with Gasteiger partial charge in [0, 0.05) is 13.0 Å². The van der Waals surface area contributed by atoms with Gasteiger partial charge in [0.15, 0.2) is 5.82 Å². The summed E-state index contributed by atoms with van der Waals surface area (Å²) in [7, 11) is 0. The van der Waals surface area contributed by atoms with Crippen molar-refractivity contribution in [2.24, 2.45) is 0 Å². The number of likely N-dealkylation sites (tertiary alicyclic amines) is 1. The minimum Gasteiger partial charge on any atom is -0.477 e. The number of carboxylic acid groups (broad SMARTS) is 1. The van der Waals surface area contributed by atoms with Crippen molar-refractivity contribution in [3.63, 3.8) is 0 Å². The molecule has 1 aliphatic rings. The molecular weight excluding hydrogens is 344 g/mol. The van der Waals surface area contributed by atoms with Gasteiger partial charge < -0.3 is 14.9 Å². The molecule has 0 aromatic carbocycles. The van der Waals surface area contributed by atoms with Crippen LogP contribution in [-0.2, 0) is 4.79 Å². The summed E-state index contributed by atoms with van der Waals surface area (Å²) in [6.07, 6.45) is 3.36. The zero-order valence-corrected chi connectivity index (χ0v) is 14.7. The predicted octanol–water partition coefficient (Wildman–Crippen LogP) is 2.69. The molecule has 25 heavy (non-hydrogen) atoms. The Bertz CT molecular complexity index is 757. The molecule has 134 valence electrons. The quantitative estimate of drug-likeness (QED) is 0.811. The van der Waals surface area contributed by atoms with Crippen molar-refractivity contribution in [2.45, 2.75) is 38.6 Å². The van der Waals surface area contributed by atoms with E-state index in [1.54, 1.807) is 18.4 Å². The number of carbonyl (C=O) groups is 2. The lowest BCUT2D eigenvalue weighted by molar-refractivity contribution is -0.116. The average Bonchev–Trinajstić information content (AvgIpc) is 3.22. The lowest BCUT2D eigenvalue weighted by atomic mass is 10.0. The number of hydrogen-bond acceptors (Lipinski definition) is 7. The first-order chi connectivity index (χ1) is 12.0. The third kappa shape index (κ3) is 4.23. The van der Waals surface area contributed by atoms with Crippen LogP contribution < -0.4 is 5.32 Å². The van der Waals surface area contributed by atoms with E-state index in [2.05, 4.69) is 20.4 Å². The van der Waals surface area contributed by atoms with Crippen LogP contribution in [0.25, 0.3) is 0 Å². The first-order valence-electron chi connectivity index (χ1n) is 8.19. The molecule has 3 rings (SSSR count). The first kappa shape index (κ1) is 17.6. The summed E-state index contributed by atoms with van der Waals surface area (Å²) in [4.78, 5) is 29.9. The zero-order valence-electron chi connectivity index (χ0n) is 13.9. The third-order valence-electron chi connectivity index (χ3n) is 4.20. The lowest BCUT2D eigenvalue weighted by Crippen LogP contribution is -2.36. The fourth-order valence-electron chi connectivity index (χ4n) is 3.02. The van der Waals surface area contributed by atoms with E-state index in [0.29, 0.717) is 23.9 Å². The number of carbonyl (C=O) groups excluding carboxylic acids is 1. The van der Waals surface area contributed by atoms with Gasteiger partial charge in [-0.25, -0.2) is 4.79 Å². The Labute approximate surface area is 148 Å². The largest absolute Gasteiger partial charge is 0.477 e. The number of hydrogen-bond donors (Lipinski definition) is 2. The Morgan fingerprint density at radius 1 is 1.48 bits per heavy atom. The Morgan fingerprint density at radius 3 is 3.04 bits per heavy atom. The molecule has 0 bridgehead atoms. The number of nitrogens with zero attached hydrogens (tertiary/aromatic N) is 3. The number of amides is 1. The summed E-state index contributed by atoms with van der Waals surface area (Å²) in [5.74, 6) is -0.0272. The smallest absolute Gasteiger partial charge is 0.348 e. The fourth-order valence-corrected chi connectivity index (χ4v) is 3.70. The molecule has 1 fully saturated rings. The van der Waals surface area contributed by atoms with E-state index in [9.17, 15) is 9.59 Å². The summed E-state index contributed by atoms with van der Waals surface area (Å²) < 4.78 is 5.30. The van der Waals surface area contributed by atoms with Crippen molar-refractivity contribution in [3.8, 4) is 0 Å². The summed E-state index contributed by atoms with van der Waals surface area (Å²) in [6.45, 7) is 3.22. The molecule has 0 spiro atoms. The van der Waals surface area contributed by atoms with Gasteiger partial charge in [0.1, 0.15) is 4.88 Å². The number of carboxylic acids is 1. The molecule has 1 amide bonds. The highest BCUT2D eigenvalue weighted by atomic mass is 32.1. The summed E-state index contributed by atoms with van der Waals surface area (Å²) in [5, 5.41) is 17.3. The second kappa shape index (κ2) is 7.75. The monoisotopic (exact) mass is 364 g/mol. The highest BCUT2D eigenvalue weighted by molar-refractivity contribution is 7.12. The first-order valence-corrected chi connectivity index (χ1v) is 9.07. The van der Waals surface area contributed by atoms with Crippen LogP contribution in [0.2, 0.25) is 0 Å².